The molecule has 1 fully saturated rings. The van der Waals surface area contributed by atoms with E-state index in [1.807, 2.05) is 30.3 Å². The number of fused-ring (bicyclic) bond motifs is 2. The van der Waals surface area contributed by atoms with Crippen LogP contribution in [0.25, 0.3) is 15.9 Å². The van der Waals surface area contributed by atoms with Crippen LogP contribution in [-0.2, 0) is 0 Å². The molecule has 0 atom stereocenters. The summed E-state index contributed by atoms with van der Waals surface area (Å²) in [7, 11) is 0. The number of nitrogens with zero attached hydrogens (tertiary/aromatic N) is 3. The third-order valence-corrected chi connectivity index (χ3v) is 5.99. The van der Waals surface area contributed by atoms with Crippen LogP contribution in [0.15, 0.2) is 53.3 Å². The van der Waals surface area contributed by atoms with Gasteiger partial charge in [0, 0.05) is 17.3 Å². The topological polar surface area (TPSA) is 88.4 Å². The number of carbonyl (C=O) groups is 1. The Labute approximate surface area is 170 Å². The predicted octanol–water partition coefficient (Wildman–Crippen LogP) is 3.72. The van der Waals surface area contributed by atoms with Crippen LogP contribution in [0.5, 0.6) is 0 Å². The Morgan fingerprint density at radius 1 is 1.10 bits per heavy atom. The van der Waals surface area contributed by atoms with Crippen molar-refractivity contribution in [1.29, 1.82) is 0 Å². The minimum absolute atomic E-state index is 0.0611. The van der Waals surface area contributed by atoms with Crippen LogP contribution in [-0.4, -0.2) is 26.5 Å². The third-order valence-electron chi connectivity index (χ3n) is 5.17. The summed E-state index contributed by atoms with van der Waals surface area (Å²) in [6.45, 7) is 0. The summed E-state index contributed by atoms with van der Waals surface area (Å²) in [4.78, 5) is 30.2. The van der Waals surface area contributed by atoms with Gasteiger partial charge in [0.2, 0.25) is 10.1 Å². The van der Waals surface area contributed by atoms with Crippen LogP contribution in [0.3, 0.4) is 0 Å². The number of para-hydroxylation sites is 1. The molecule has 5 rings (SSSR count). The Bertz CT molecular complexity index is 1270. The largest absolute Gasteiger partial charge is 0.349 e. The molecule has 7 nitrogen and oxygen atoms in total. The standard InChI is InChI=1S/C21H19N5O2S/c27-18(22-14-7-1-2-8-14)13-6-5-9-15(12-13)23-20-25-26-19(28)16-10-3-4-11-17(16)24-21(26)29-20/h3-6,9-12,14H,1-2,7-8H2,(H,22,27)(H,23,25). The molecule has 2 N–H and O–H groups in total. The highest BCUT2D eigenvalue weighted by Crippen LogP contribution is 2.24. The van der Waals surface area contributed by atoms with E-state index in [0.29, 0.717) is 26.6 Å². The molecule has 29 heavy (non-hydrogen) atoms. The maximum Gasteiger partial charge on any atom is 0.283 e. The smallest absolute Gasteiger partial charge is 0.283 e. The van der Waals surface area contributed by atoms with Crippen molar-refractivity contribution >= 4 is 43.9 Å². The summed E-state index contributed by atoms with van der Waals surface area (Å²) in [6.07, 6.45) is 4.44. The lowest BCUT2D eigenvalue weighted by Crippen LogP contribution is -2.32. The number of aromatic nitrogens is 3. The molecule has 1 amide bonds. The van der Waals surface area contributed by atoms with E-state index in [0.717, 1.165) is 18.5 Å². The first kappa shape index (κ1) is 17.8. The van der Waals surface area contributed by atoms with E-state index in [1.54, 1.807) is 18.2 Å². The molecule has 0 spiro atoms. The molecule has 8 heteroatoms. The summed E-state index contributed by atoms with van der Waals surface area (Å²) in [5.74, 6) is -0.0611. The van der Waals surface area contributed by atoms with Crippen LogP contribution in [0, 0.1) is 0 Å². The number of carbonyl (C=O) groups excluding carboxylic acids is 1. The highest BCUT2D eigenvalue weighted by Gasteiger charge is 2.18. The Hall–Kier alpha value is -3.26. The van der Waals surface area contributed by atoms with E-state index in [2.05, 4.69) is 20.7 Å². The fourth-order valence-corrected chi connectivity index (χ4v) is 4.52. The first-order chi connectivity index (χ1) is 14.2. The Balaban J connectivity index is 1.42. The highest BCUT2D eigenvalue weighted by molar-refractivity contribution is 7.20. The molecule has 0 radical (unpaired) electrons. The molecule has 1 aliphatic carbocycles. The van der Waals surface area contributed by atoms with Gasteiger partial charge in [-0.05, 0) is 43.2 Å². The lowest BCUT2D eigenvalue weighted by atomic mass is 10.1. The van der Waals surface area contributed by atoms with E-state index in [4.69, 9.17) is 0 Å². The van der Waals surface area contributed by atoms with Gasteiger partial charge in [0.25, 0.3) is 11.5 Å². The summed E-state index contributed by atoms with van der Waals surface area (Å²) >= 11 is 1.29. The van der Waals surface area contributed by atoms with Gasteiger partial charge in [-0.15, -0.1) is 5.10 Å². The summed E-state index contributed by atoms with van der Waals surface area (Å²) < 4.78 is 1.31. The van der Waals surface area contributed by atoms with Gasteiger partial charge in [-0.25, -0.2) is 4.98 Å². The van der Waals surface area contributed by atoms with Gasteiger partial charge in [0.15, 0.2) is 0 Å². The minimum atomic E-state index is -0.195. The number of rotatable bonds is 4. The van der Waals surface area contributed by atoms with Gasteiger partial charge >= 0.3 is 0 Å². The van der Waals surface area contributed by atoms with E-state index in [-0.39, 0.29) is 17.5 Å². The first-order valence-corrected chi connectivity index (χ1v) is 10.5. The number of nitrogens with one attached hydrogen (secondary N) is 2. The van der Waals surface area contributed by atoms with Crippen molar-refractivity contribution in [2.45, 2.75) is 31.7 Å². The van der Waals surface area contributed by atoms with Crippen molar-refractivity contribution in [2.75, 3.05) is 5.32 Å². The average Bonchev–Trinajstić information content (AvgIpc) is 3.38. The van der Waals surface area contributed by atoms with Gasteiger partial charge in [-0.1, -0.05) is 42.4 Å². The van der Waals surface area contributed by atoms with Crippen molar-refractivity contribution in [3.8, 4) is 0 Å². The number of hydrogen-bond acceptors (Lipinski definition) is 6. The van der Waals surface area contributed by atoms with Crippen molar-refractivity contribution in [3.63, 3.8) is 0 Å². The summed E-state index contributed by atoms with van der Waals surface area (Å²) in [5.41, 5.74) is 1.79. The molecule has 146 valence electrons. The van der Waals surface area contributed by atoms with Gasteiger partial charge < -0.3 is 10.6 Å². The third kappa shape index (κ3) is 3.47. The molecule has 1 saturated carbocycles. The fraction of sp³-hybridized carbons (Fsp3) is 0.238. The molecule has 0 aliphatic heterocycles. The Morgan fingerprint density at radius 3 is 2.79 bits per heavy atom. The zero-order valence-corrected chi connectivity index (χ0v) is 16.4. The first-order valence-electron chi connectivity index (χ1n) is 9.64. The maximum atomic E-state index is 12.6. The van der Waals surface area contributed by atoms with Gasteiger partial charge in [0.1, 0.15) is 0 Å². The van der Waals surface area contributed by atoms with E-state index in [1.165, 1.54) is 28.7 Å². The number of benzene rings is 2. The lowest BCUT2D eigenvalue weighted by molar-refractivity contribution is 0.0938. The highest BCUT2D eigenvalue weighted by atomic mass is 32.1. The van der Waals surface area contributed by atoms with Crippen LogP contribution in [0.1, 0.15) is 36.0 Å². The fourth-order valence-electron chi connectivity index (χ4n) is 3.71. The van der Waals surface area contributed by atoms with E-state index < -0.39 is 0 Å². The second-order valence-electron chi connectivity index (χ2n) is 7.20. The SMILES string of the molecule is O=C(NC1CCCC1)c1cccc(Nc2nn3c(=O)c4ccccc4nc3s2)c1. The zero-order valence-electron chi connectivity index (χ0n) is 15.6. The monoisotopic (exact) mass is 405 g/mol. The minimum Gasteiger partial charge on any atom is -0.349 e. The number of anilines is 2. The quantitative estimate of drug-likeness (QED) is 0.540. The van der Waals surface area contributed by atoms with Crippen LogP contribution < -0.4 is 16.2 Å². The van der Waals surface area contributed by atoms with Gasteiger partial charge in [0.05, 0.1) is 10.9 Å². The molecule has 0 bridgehead atoms. The van der Waals surface area contributed by atoms with E-state index >= 15 is 0 Å². The normalized spacial score (nSPS) is 14.5. The molecule has 2 aromatic carbocycles. The summed E-state index contributed by atoms with van der Waals surface area (Å²) in [6, 6.07) is 14.8. The molecule has 0 saturated heterocycles. The van der Waals surface area contributed by atoms with Crippen molar-refractivity contribution < 1.29 is 4.79 Å². The van der Waals surface area contributed by atoms with Crippen molar-refractivity contribution in [1.82, 2.24) is 19.9 Å². The average molecular weight is 405 g/mol. The van der Waals surface area contributed by atoms with Crippen LogP contribution in [0.2, 0.25) is 0 Å². The molecular formula is C21H19N5O2S. The molecule has 1 aliphatic rings. The second-order valence-corrected chi connectivity index (χ2v) is 8.15. The Morgan fingerprint density at radius 2 is 1.93 bits per heavy atom. The molecule has 4 aromatic rings. The van der Waals surface area contributed by atoms with Crippen LogP contribution >= 0.6 is 11.3 Å². The molecule has 2 aromatic heterocycles. The molecule has 0 unspecified atom stereocenters. The number of hydrogen-bond donors (Lipinski definition) is 2. The Kier molecular flexibility index (Phi) is 4.48. The van der Waals surface area contributed by atoms with Crippen LogP contribution in [0.4, 0.5) is 10.8 Å². The lowest BCUT2D eigenvalue weighted by Gasteiger charge is -2.12. The second kappa shape index (κ2) is 7.29. The van der Waals surface area contributed by atoms with E-state index in [9.17, 15) is 9.59 Å². The van der Waals surface area contributed by atoms with Crippen molar-refractivity contribution in [3.05, 3.63) is 64.4 Å². The maximum absolute atomic E-state index is 12.6. The number of amides is 1. The van der Waals surface area contributed by atoms with Crippen molar-refractivity contribution in [2.24, 2.45) is 0 Å². The predicted molar refractivity (Wildman–Crippen MR) is 114 cm³/mol. The van der Waals surface area contributed by atoms with Gasteiger partial charge in [-0.3, -0.25) is 9.59 Å². The molecular weight excluding hydrogens is 386 g/mol. The summed E-state index contributed by atoms with van der Waals surface area (Å²) in [5, 5.41) is 11.7. The molecule has 2 heterocycles. The zero-order chi connectivity index (χ0) is 19.8. The van der Waals surface area contributed by atoms with Gasteiger partial charge in [-0.2, -0.15) is 4.52 Å².